The van der Waals surface area contributed by atoms with Crippen molar-refractivity contribution in [2.75, 3.05) is 33.9 Å². The number of piperazine rings is 1. The lowest BCUT2D eigenvalue weighted by atomic mass is 10.0. The molecule has 0 amide bonds. The van der Waals surface area contributed by atoms with Crippen molar-refractivity contribution in [2.24, 2.45) is 0 Å². The van der Waals surface area contributed by atoms with E-state index in [-0.39, 0.29) is 5.54 Å². The molecule has 2 rings (SSSR count). The van der Waals surface area contributed by atoms with Gasteiger partial charge in [0.25, 0.3) is 0 Å². The van der Waals surface area contributed by atoms with Crippen LogP contribution in [0, 0.1) is 6.92 Å². The van der Waals surface area contributed by atoms with E-state index in [2.05, 4.69) is 43.1 Å². The summed E-state index contributed by atoms with van der Waals surface area (Å²) in [6, 6.07) is 4.16. The van der Waals surface area contributed by atoms with E-state index < -0.39 is 0 Å². The van der Waals surface area contributed by atoms with Crippen LogP contribution in [0.1, 0.15) is 25.0 Å². The van der Waals surface area contributed by atoms with Gasteiger partial charge in [0.2, 0.25) is 0 Å². The fourth-order valence-corrected chi connectivity index (χ4v) is 2.82. The summed E-state index contributed by atoms with van der Waals surface area (Å²) in [5.74, 6) is 1.61. The van der Waals surface area contributed by atoms with Gasteiger partial charge in [-0.15, -0.1) is 0 Å². The highest BCUT2D eigenvalue weighted by molar-refractivity contribution is 5.47. The van der Waals surface area contributed by atoms with Gasteiger partial charge >= 0.3 is 0 Å². The van der Waals surface area contributed by atoms with E-state index in [9.17, 15) is 0 Å². The van der Waals surface area contributed by atoms with Crippen LogP contribution in [0.25, 0.3) is 0 Å². The van der Waals surface area contributed by atoms with Crippen LogP contribution < -0.4 is 14.8 Å². The summed E-state index contributed by atoms with van der Waals surface area (Å²) in [6.07, 6.45) is 0. The Morgan fingerprint density at radius 3 is 2.45 bits per heavy atom. The maximum absolute atomic E-state index is 5.41. The van der Waals surface area contributed by atoms with Crippen LogP contribution in [-0.2, 0) is 6.54 Å². The summed E-state index contributed by atoms with van der Waals surface area (Å²) >= 11 is 0. The van der Waals surface area contributed by atoms with Crippen LogP contribution >= 0.6 is 0 Å². The molecular formula is C16H26N2O2. The van der Waals surface area contributed by atoms with Crippen molar-refractivity contribution >= 4 is 0 Å². The monoisotopic (exact) mass is 278 g/mol. The topological polar surface area (TPSA) is 33.7 Å². The number of benzene rings is 1. The van der Waals surface area contributed by atoms with Crippen molar-refractivity contribution in [3.63, 3.8) is 0 Å². The van der Waals surface area contributed by atoms with E-state index in [1.807, 2.05) is 0 Å². The van der Waals surface area contributed by atoms with Crippen LogP contribution in [0.5, 0.6) is 11.5 Å². The Bertz CT molecular complexity index is 472. The van der Waals surface area contributed by atoms with Crippen LogP contribution in [0.3, 0.4) is 0 Å². The van der Waals surface area contributed by atoms with Gasteiger partial charge in [-0.2, -0.15) is 0 Å². The predicted octanol–water partition coefficient (Wildman–Crippen LogP) is 2.20. The molecule has 0 radical (unpaired) electrons. The van der Waals surface area contributed by atoms with E-state index in [1.165, 1.54) is 11.1 Å². The molecule has 1 fully saturated rings. The van der Waals surface area contributed by atoms with Crippen LogP contribution in [0.4, 0.5) is 0 Å². The number of rotatable bonds is 4. The average Bonchev–Trinajstić information content (AvgIpc) is 2.39. The summed E-state index contributed by atoms with van der Waals surface area (Å²) < 4.78 is 10.8. The molecule has 0 atom stereocenters. The second-order valence-electron chi connectivity index (χ2n) is 6.15. The first kappa shape index (κ1) is 15.1. The zero-order chi connectivity index (χ0) is 14.8. The molecule has 1 heterocycles. The number of aryl methyl sites for hydroxylation is 1. The molecule has 1 aromatic carbocycles. The van der Waals surface area contributed by atoms with Crippen molar-refractivity contribution in [3.05, 3.63) is 23.3 Å². The lowest BCUT2D eigenvalue weighted by molar-refractivity contribution is 0.148. The minimum absolute atomic E-state index is 0.183. The molecule has 0 aromatic heterocycles. The van der Waals surface area contributed by atoms with Gasteiger partial charge in [0.05, 0.1) is 14.2 Å². The summed E-state index contributed by atoms with van der Waals surface area (Å²) in [5, 5.41) is 3.54. The molecule has 4 nitrogen and oxygen atoms in total. The van der Waals surface area contributed by atoms with Gasteiger partial charge in [-0.3, -0.25) is 4.90 Å². The summed E-state index contributed by atoms with van der Waals surface area (Å²) in [7, 11) is 3.36. The molecule has 0 spiro atoms. The van der Waals surface area contributed by atoms with Crippen molar-refractivity contribution in [1.29, 1.82) is 0 Å². The Morgan fingerprint density at radius 2 is 1.85 bits per heavy atom. The Hall–Kier alpha value is -1.26. The number of ether oxygens (including phenoxy) is 2. The van der Waals surface area contributed by atoms with Gasteiger partial charge < -0.3 is 14.8 Å². The minimum atomic E-state index is 0.183. The average molecular weight is 278 g/mol. The molecule has 1 aliphatic heterocycles. The molecule has 1 aromatic rings. The molecule has 20 heavy (non-hydrogen) atoms. The third kappa shape index (κ3) is 3.44. The van der Waals surface area contributed by atoms with Gasteiger partial charge in [-0.05, 0) is 44.0 Å². The Morgan fingerprint density at radius 1 is 1.20 bits per heavy atom. The van der Waals surface area contributed by atoms with Crippen molar-refractivity contribution in [1.82, 2.24) is 10.2 Å². The summed E-state index contributed by atoms with van der Waals surface area (Å²) in [4.78, 5) is 2.49. The van der Waals surface area contributed by atoms with Gasteiger partial charge in [0.1, 0.15) is 0 Å². The van der Waals surface area contributed by atoms with Crippen LogP contribution in [0.15, 0.2) is 12.1 Å². The fraction of sp³-hybridized carbons (Fsp3) is 0.625. The first-order valence-electron chi connectivity index (χ1n) is 7.14. The van der Waals surface area contributed by atoms with Gasteiger partial charge in [0.15, 0.2) is 11.5 Å². The highest BCUT2D eigenvalue weighted by Crippen LogP contribution is 2.31. The molecule has 0 aliphatic carbocycles. The summed E-state index contributed by atoms with van der Waals surface area (Å²) in [6.45, 7) is 10.8. The zero-order valence-electron chi connectivity index (χ0n) is 13.2. The molecular weight excluding hydrogens is 252 g/mol. The van der Waals surface area contributed by atoms with Gasteiger partial charge in [-0.1, -0.05) is 0 Å². The maximum Gasteiger partial charge on any atom is 0.161 e. The summed E-state index contributed by atoms with van der Waals surface area (Å²) in [5.41, 5.74) is 2.74. The molecule has 1 N–H and O–H groups in total. The lowest BCUT2D eigenvalue weighted by Gasteiger charge is -2.39. The van der Waals surface area contributed by atoms with E-state index in [1.54, 1.807) is 14.2 Å². The molecule has 0 saturated carbocycles. The van der Waals surface area contributed by atoms with Gasteiger partial charge in [0, 0.05) is 31.7 Å². The first-order chi connectivity index (χ1) is 9.45. The first-order valence-corrected chi connectivity index (χ1v) is 7.14. The third-order valence-electron chi connectivity index (χ3n) is 3.89. The Labute approximate surface area is 122 Å². The molecule has 0 bridgehead atoms. The standard InChI is InChI=1S/C16H26N2O2/c1-12-8-14(19-4)15(20-5)9-13(12)10-18-7-6-17-16(2,3)11-18/h8-9,17H,6-7,10-11H2,1-5H3. The van der Waals surface area contributed by atoms with E-state index in [4.69, 9.17) is 9.47 Å². The highest BCUT2D eigenvalue weighted by Gasteiger charge is 2.26. The van der Waals surface area contributed by atoms with Crippen LogP contribution in [-0.4, -0.2) is 44.3 Å². The normalized spacial score (nSPS) is 18.9. The zero-order valence-corrected chi connectivity index (χ0v) is 13.2. The van der Waals surface area contributed by atoms with E-state index in [0.717, 1.165) is 37.7 Å². The SMILES string of the molecule is COc1cc(C)c(CN2CCNC(C)(C)C2)cc1OC. The van der Waals surface area contributed by atoms with E-state index in [0.29, 0.717) is 0 Å². The van der Waals surface area contributed by atoms with Crippen molar-refractivity contribution < 1.29 is 9.47 Å². The van der Waals surface area contributed by atoms with Crippen molar-refractivity contribution in [2.45, 2.75) is 32.9 Å². The molecule has 112 valence electrons. The second kappa shape index (κ2) is 6.02. The minimum Gasteiger partial charge on any atom is -0.493 e. The third-order valence-corrected chi connectivity index (χ3v) is 3.89. The van der Waals surface area contributed by atoms with Gasteiger partial charge in [-0.25, -0.2) is 0 Å². The number of hydrogen-bond acceptors (Lipinski definition) is 4. The number of hydrogen-bond donors (Lipinski definition) is 1. The Balaban J connectivity index is 2.16. The quantitative estimate of drug-likeness (QED) is 0.915. The smallest absolute Gasteiger partial charge is 0.161 e. The van der Waals surface area contributed by atoms with Crippen molar-refractivity contribution in [3.8, 4) is 11.5 Å². The second-order valence-corrected chi connectivity index (χ2v) is 6.15. The molecule has 4 heteroatoms. The Kier molecular flexibility index (Phi) is 4.55. The lowest BCUT2D eigenvalue weighted by Crippen LogP contribution is -2.56. The largest absolute Gasteiger partial charge is 0.493 e. The maximum atomic E-state index is 5.41. The highest BCUT2D eigenvalue weighted by atomic mass is 16.5. The predicted molar refractivity (Wildman–Crippen MR) is 81.6 cm³/mol. The van der Waals surface area contributed by atoms with Crippen LogP contribution in [0.2, 0.25) is 0 Å². The molecule has 0 unspecified atom stereocenters. The number of methoxy groups -OCH3 is 2. The molecule has 1 aliphatic rings. The fourth-order valence-electron chi connectivity index (χ4n) is 2.82. The number of nitrogens with zero attached hydrogens (tertiary/aromatic N) is 1. The van der Waals surface area contributed by atoms with E-state index >= 15 is 0 Å². The molecule has 1 saturated heterocycles. The number of nitrogens with one attached hydrogen (secondary N) is 1.